The maximum Gasteiger partial charge on any atom is 0.360 e. The minimum Gasteiger partial charge on any atom is -0.491 e. The standard InChI is InChI=1S/C7H6ClFN2O3/c1-2-14-6(13)4-3(9)5(12)11-7(8)10-4/h2H2,1H3,(H,10,11,12). The molecule has 0 atom stereocenters. The number of halogens is 2. The van der Waals surface area contributed by atoms with Crippen LogP contribution in [0.25, 0.3) is 0 Å². The van der Waals surface area contributed by atoms with Gasteiger partial charge in [-0.15, -0.1) is 0 Å². The Hall–Kier alpha value is -1.43. The predicted molar refractivity (Wildman–Crippen MR) is 44.6 cm³/mol. The van der Waals surface area contributed by atoms with Crippen LogP contribution in [0.5, 0.6) is 5.88 Å². The molecule has 0 aliphatic carbocycles. The Morgan fingerprint density at radius 1 is 1.64 bits per heavy atom. The maximum atomic E-state index is 13.0. The first-order valence-corrected chi connectivity index (χ1v) is 4.03. The van der Waals surface area contributed by atoms with E-state index in [0.29, 0.717) is 0 Å². The van der Waals surface area contributed by atoms with Crippen molar-refractivity contribution in [2.24, 2.45) is 0 Å². The number of rotatable bonds is 2. The summed E-state index contributed by atoms with van der Waals surface area (Å²) in [5.74, 6) is -3.22. The number of esters is 1. The van der Waals surface area contributed by atoms with Gasteiger partial charge in [0.2, 0.25) is 11.1 Å². The summed E-state index contributed by atoms with van der Waals surface area (Å²) in [6.07, 6.45) is 0. The van der Waals surface area contributed by atoms with Crippen molar-refractivity contribution in [3.8, 4) is 5.88 Å². The number of hydrogen-bond donors (Lipinski definition) is 1. The van der Waals surface area contributed by atoms with E-state index >= 15 is 0 Å². The molecule has 0 fully saturated rings. The summed E-state index contributed by atoms with van der Waals surface area (Å²) in [6.45, 7) is 1.62. The van der Waals surface area contributed by atoms with Crippen LogP contribution < -0.4 is 0 Å². The van der Waals surface area contributed by atoms with Gasteiger partial charge in [0.25, 0.3) is 5.88 Å². The van der Waals surface area contributed by atoms with Gasteiger partial charge in [-0.05, 0) is 18.5 Å². The van der Waals surface area contributed by atoms with E-state index in [-0.39, 0.29) is 6.61 Å². The second-order valence-electron chi connectivity index (χ2n) is 2.20. The first kappa shape index (κ1) is 10.6. The predicted octanol–water partition coefficient (Wildman–Crippen LogP) is 1.15. The highest BCUT2D eigenvalue weighted by atomic mass is 35.5. The third-order valence-corrected chi connectivity index (χ3v) is 1.44. The molecule has 0 spiro atoms. The molecule has 0 aliphatic rings. The molecule has 1 heterocycles. The lowest BCUT2D eigenvalue weighted by Crippen LogP contribution is -2.10. The summed E-state index contributed by atoms with van der Waals surface area (Å²) in [5.41, 5.74) is -0.677. The lowest BCUT2D eigenvalue weighted by molar-refractivity contribution is 0.0512. The highest BCUT2D eigenvalue weighted by Gasteiger charge is 2.20. The van der Waals surface area contributed by atoms with Crippen LogP contribution in [-0.4, -0.2) is 27.7 Å². The lowest BCUT2D eigenvalue weighted by Gasteiger charge is -2.02. The molecule has 0 bridgehead atoms. The van der Waals surface area contributed by atoms with Gasteiger partial charge in [0.05, 0.1) is 6.61 Å². The lowest BCUT2D eigenvalue weighted by atomic mass is 10.4. The Labute approximate surface area is 83.5 Å². The van der Waals surface area contributed by atoms with Gasteiger partial charge in [-0.3, -0.25) is 0 Å². The van der Waals surface area contributed by atoms with Gasteiger partial charge in [-0.25, -0.2) is 9.78 Å². The highest BCUT2D eigenvalue weighted by molar-refractivity contribution is 6.28. The van der Waals surface area contributed by atoms with Crippen LogP contribution in [0.2, 0.25) is 5.28 Å². The van der Waals surface area contributed by atoms with Crippen LogP contribution in [0.3, 0.4) is 0 Å². The molecule has 0 radical (unpaired) electrons. The van der Waals surface area contributed by atoms with Crippen LogP contribution in [0.1, 0.15) is 17.4 Å². The van der Waals surface area contributed by atoms with Crippen molar-refractivity contribution in [3.63, 3.8) is 0 Å². The number of hydrogen-bond acceptors (Lipinski definition) is 5. The first-order valence-electron chi connectivity index (χ1n) is 3.65. The number of ether oxygens (including phenoxy) is 1. The van der Waals surface area contributed by atoms with Crippen LogP contribution in [0.4, 0.5) is 4.39 Å². The molecular weight excluding hydrogens is 215 g/mol. The average molecular weight is 221 g/mol. The van der Waals surface area contributed by atoms with E-state index in [9.17, 15) is 9.18 Å². The van der Waals surface area contributed by atoms with E-state index in [2.05, 4.69) is 14.7 Å². The molecule has 1 rings (SSSR count). The Kier molecular flexibility index (Phi) is 3.19. The quantitative estimate of drug-likeness (QED) is 0.598. The van der Waals surface area contributed by atoms with Crippen LogP contribution in [-0.2, 0) is 4.74 Å². The zero-order valence-corrected chi connectivity index (χ0v) is 7.88. The molecule has 76 valence electrons. The fourth-order valence-electron chi connectivity index (χ4n) is 0.743. The van der Waals surface area contributed by atoms with Gasteiger partial charge in [0, 0.05) is 0 Å². The molecule has 1 aromatic rings. The summed E-state index contributed by atoms with van der Waals surface area (Å²) in [4.78, 5) is 17.4. The van der Waals surface area contributed by atoms with E-state index in [4.69, 9.17) is 16.7 Å². The van der Waals surface area contributed by atoms with Gasteiger partial charge >= 0.3 is 5.97 Å². The Balaban J connectivity index is 3.13. The molecule has 0 amide bonds. The van der Waals surface area contributed by atoms with Crippen molar-refractivity contribution >= 4 is 17.6 Å². The van der Waals surface area contributed by atoms with Crippen molar-refractivity contribution < 1.29 is 19.0 Å². The summed E-state index contributed by atoms with van der Waals surface area (Å²) >= 11 is 5.31. The molecule has 5 nitrogen and oxygen atoms in total. The van der Waals surface area contributed by atoms with E-state index in [1.54, 1.807) is 6.92 Å². The Morgan fingerprint density at radius 3 is 2.86 bits per heavy atom. The third-order valence-electron chi connectivity index (χ3n) is 1.28. The van der Waals surface area contributed by atoms with E-state index in [1.807, 2.05) is 0 Å². The zero-order valence-electron chi connectivity index (χ0n) is 7.12. The van der Waals surface area contributed by atoms with Crippen molar-refractivity contribution in [3.05, 3.63) is 16.8 Å². The Morgan fingerprint density at radius 2 is 2.29 bits per heavy atom. The number of aromatic nitrogens is 2. The summed E-state index contributed by atoms with van der Waals surface area (Å²) < 4.78 is 17.5. The number of carbonyl (C=O) groups excluding carboxylic acids is 1. The molecule has 1 N–H and O–H groups in total. The van der Waals surface area contributed by atoms with Gasteiger partial charge in [-0.1, -0.05) is 0 Å². The second kappa shape index (κ2) is 4.19. The second-order valence-corrected chi connectivity index (χ2v) is 2.54. The molecule has 0 aliphatic heterocycles. The molecular formula is C7H6ClFN2O3. The Bertz CT molecular complexity index is 372. The van der Waals surface area contributed by atoms with Crippen molar-refractivity contribution in [2.45, 2.75) is 6.92 Å². The monoisotopic (exact) mass is 220 g/mol. The van der Waals surface area contributed by atoms with Gasteiger partial charge in [0.1, 0.15) is 0 Å². The van der Waals surface area contributed by atoms with Crippen molar-refractivity contribution in [1.82, 2.24) is 9.97 Å². The molecule has 7 heteroatoms. The van der Waals surface area contributed by atoms with Crippen molar-refractivity contribution in [2.75, 3.05) is 6.61 Å². The molecule has 14 heavy (non-hydrogen) atoms. The molecule has 0 aromatic carbocycles. The fourth-order valence-corrected chi connectivity index (χ4v) is 0.908. The minimum absolute atomic E-state index is 0.0701. The molecule has 0 unspecified atom stereocenters. The van der Waals surface area contributed by atoms with Crippen LogP contribution in [0.15, 0.2) is 0 Å². The van der Waals surface area contributed by atoms with Gasteiger partial charge < -0.3 is 9.84 Å². The molecule has 0 saturated carbocycles. The zero-order chi connectivity index (χ0) is 10.7. The highest BCUT2D eigenvalue weighted by Crippen LogP contribution is 2.17. The van der Waals surface area contributed by atoms with Crippen LogP contribution >= 0.6 is 11.6 Å². The van der Waals surface area contributed by atoms with E-state index in [0.717, 1.165) is 0 Å². The smallest absolute Gasteiger partial charge is 0.360 e. The fraction of sp³-hybridized carbons (Fsp3) is 0.286. The third kappa shape index (κ3) is 2.08. The van der Waals surface area contributed by atoms with Crippen molar-refractivity contribution in [1.29, 1.82) is 0 Å². The summed E-state index contributed by atoms with van der Waals surface area (Å²) in [6, 6.07) is 0. The molecule has 1 aromatic heterocycles. The van der Waals surface area contributed by atoms with E-state index in [1.165, 1.54) is 0 Å². The first-order chi connectivity index (χ1) is 6.56. The van der Waals surface area contributed by atoms with Gasteiger partial charge in [-0.2, -0.15) is 9.37 Å². The SMILES string of the molecule is CCOC(=O)c1nc(Cl)nc(O)c1F. The average Bonchev–Trinajstić information content (AvgIpc) is 2.11. The van der Waals surface area contributed by atoms with Gasteiger partial charge in [0.15, 0.2) is 5.69 Å². The summed E-state index contributed by atoms with van der Waals surface area (Å²) in [7, 11) is 0. The number of nitrogens with zero attached hydrogens (tertiary/aromatic N) is 2. The molecule has 0 saturated heterocycles. The summed E-state index contributed by atoms with van der Waals surface area (Å²) in [5, 5.41) is 8.46. The largest absolute Gasteiger partial charge is 0.491 e. The van der Waals surface area contributed by atoms with Crippen LogP contribution in [0, 0.1) is 5.82 Å². The maximum absolute atomic E-state index is 13.0. The number of aromatic hydroxyl groups is 1. The number of carbonyl (C=O) groups is 1. The normalized spacial score (nSPS) is 9.93. The topological polar surface area (TPSA) is 72.3 Å². The minimum atomic E-state index is -1.24. The van der Waals surface area contributed by atoms with E-state index < -0.39 is 28.6 Å².